The van der Waals surface area contributed by atoms with Crippen LogP contribution in [0.25, 0.3) is 0 Å². The average Bonchev–Trinajstić information content (AvgIpc) is 3.09. The van der Waals surface area contributed by atoms with Crippen LogP contribution >= 0.6 is 11.8 Å². The lowest BCUT2D eigenvalue weighted by Crippen LogP contribution is -2.71. The number of hydrogen-bond donors (Lipinski definition) is 1. The van der Waals surface area contributed by atoms with Gasteiger partial charge in [-0.25, -0.2) is 9.86 Å². The molecule has 5 rings (SSSR count). The van der Waals surface area contributed by atoms with Crippen LogP contribution < -0.4 is 10.1 Å². The summed E-state index contributed by atoms with van der Waals surface area (Å²) in [4.78, 5) is 55.9. The lowest BCUT2D eigenvalue weighted by Gasteiger charge is -2.50. The quantitative estimate of drug-likeness (QED) is 0.111. The zero-order chi connectivity index (χ0) is 35.3. The molecule has 49 heavy (non-hydrogen) atoms. The van der Waals surface area contributed by atoms with E-state index in [9.17, 15) is 19.2 Å². The van der Waals surface area contributed by atoms with Crippen molar-refractivity contribution in [2.75, 3.05) is 19.4 Å². The average molecular weight is 702 g/mol. The van der Waals surface area contributed by atoms with Crippen LogP contribution in [-0.4, -0.2) is 72.8 Å². The second-order valence-electron chi connectivity index (χ2n) is 13.6. The molecule has 2 heterocycles. The van der Waals surface area contributed by atoms with Gasteiger partial charge in [-0.15, -0.1) is 11.8 Å². The molecule has 258 valence electrons. The maximum absolute atomic E-state index is 13.9. The molecule has 2 atom stereocenters. The molecule has 10 nitrogen and oxygen atoms in total. The Hall–Kier alpha value is -4.39. The van der Waals surface area contributed by atoms with Gasteiger partial charge in [0.2, 0.25) is 14.2 Å². The van der Waals surface area contributed by atoms with Crippen molar-refractivity contribution < 1.29 is 33.2 Å². The maximum atomic E-state index is 13.9. The molecule has 0 aromatic heterocycles. The highest BCUT2D eigenvalue weighted by atomic mass is 32.2. The van der Waals surface area contributed by atoms with E-state index in [1.165, 1.54) is 21.7 Å². The molecule has 12 heteroatoms. The second kappa shape index (κ2) is 15.0. The van der Waals surface area contributed by atoms with Crippen molar-refractivity contribution in [2.24, 2.45) is 0 Å². The Bertz CT molecular complexity index is 1710. The van der Waals surface area contributed by atoms with E-state index in [1.807, 2.05) is 49.5 Å². The molecule has 1 saturated heterocycles. The van der Waals surface area contributed by atoms with E-state index in [4.69, 9.17) is 14.0 Å². The maximum Gasteiger partial charge on any atom is 0.355 e. The number of hydrogen-bond acceptors (Lipinski definition) is 8. The van der Waals surface area contributed by atoms with Crippen LogP contribution in [0.5, 0.6) is 5.75 Å². The highest BCUT2D eigenvalue weighted by molar-refractivity contribution is 8.00. The smallest absolute Gasteiger partial charge is 0.355 e. The van der Waals surface area contributed by atoms with Gasteiger partial charge in [-0.1, -0.05) is 81.4 Å². The predicted molar refractivity (Wildman–Crippen MR) is 191 cm³/mol. The molecule has 2 aliphatic heterocycles. The molecule has 0 unspecified atom stereocenters. The van der Waals surface area contributed by atoms with E-state index in [0.717, 1.165) is 11.1 Å². The van der Waals surface area contributed by atoms with Gasteiger partial charge in [0.05, 0.1) is 20.1 Å². The summed E-state index contributed by atoms with van der Waals surface area (Å²) in [6.07, 6.45) is 0.126. The molecule has 0 saturated carbocycles. The lowest BCUT2D eigenvalue weighted by molar-refractivity contribution is -0.153. The monoisotopic (exact) mass is 701 g/mol. The molecule has 3 aromatic rings. The standard InChI is InChI=1S/C37H43N3O7SSi/c1-37(2,3)49(5,6)47-39(33(42)27-15-11-8-12-16-27)22-28-24-48-35-31(38-30(41)21-25-13-9-7-10-14-25)34(43)40(35)32(28)36(44)46-23-26-17-19-29(45-4)20-18-26/h7-20,31,35H,21-24H2,1-6H3,(H,38,41)/t31-,35-/m1/s1. The van der Waals surface area contributed by atoms with Gasteiger partial charge in [0.25, 0.3) is 11.8 Å². The normalized spacial score (nSPS) is 17.5. The van der Waals surface area contributed by atoms with E-state index in [0.29, 0.717) is 22.6 Å². The van der Waals surface area contributed by atoms with Crippen molar-refractivity contribution in [3.63, 3.8) is 0 Å². The predicted octanol–water partition coefficient (Wildman–Crippen LogP) is 5.71. The highest BCUT2D eigenvalue weighted by Gasteiger charge is 2.55. The zero-order valence-corrected chi connectivity index (χ0v) is 30.5. The number of amides is 3. The van der Waals surface area contributed by atoms with E-state index < -0.39 is 31.6 Å². The molecular formula is C37H43N3O7SSi. The molecule has 0 aliphatic carbocycles. The van der Waals surface area contributed by atoms with Gasteiger partial charge in [0, 0.05) is 11.3 Å². The summed E-state index contributed by atoms with van der Waals surface area (Å²) >= 11 is 1.42. The highest BCUT2D eigenvalue weighted by Crippen LogP contribution is 2.42. The molecule has 3 aromatic carbocycles. The van der Waals surface area contributed by atoms with E-state index >= 15 is 0 Å². The number of fused-ring (bicyclic) bond motifs is 1. The molecule has 3 amide bonds. The minimum absolute atomic E-state index is 0.0379. The SMILES string of the molecule is COc1ccc(COC(=O)C2=C(CN(O[Si](C)(C)C(C)(C)C)C(=O)c3ccccc3)CS[C@@H]3[C@H](NC(=O)Cc4ccccc4)C(=O)N23)cc1. The number of esters is 1. The molecule has 0 radical (unpaired) electrons. The van der Waals surface area contributed by atoms with E-state index in [1.54, 1.807) is 55.6 Å². The van der Waals surface area contributed by atoms with Gasteiger partial charge >= 0.3 is 5.97 Å². The Labute approximate surface area is 292 Å². The van der Waals surface area contributed by atoms with Gasteiger partial charge in [0.1, 0.15) is 29.5 Å². The van der Waals surface area contributed by atoms with Crippen LogP contribution in [-0.2, 0) is 36.7 Å². The van der Waals surface area contributed by atoms with Crippen molar-refractivity contribution in [1.29, 1.82) is 0 Å². The van der Waals surface area contributed by atoms with Gasteiger partial charge in [-0.3, -0.25) is 19.3 Å². The fourth-order valence-corrected chi connectivity index (χ4v) is 7.50. The first-order chi connectivity index (χ1) is 23.3. The summed E-state index contributed by atoms with van der Waals surface area (Å²) in [5, 5.41) is 3.47. The number of thioether (sulfide) groups is 1. The number of nitrogens with one attached hydrogen (secondary N) is 1. The number of ether oxygens (including phenoxy) is 2. The first-order valence-electron chi connectivity index (χ1n) is 16.1. The third-order valence-electron chi connectivity index (χ3n) is 9.02. The number of methoxy groups -OCH3 is 1. The summed E-state index contributed by atoms with van der Waals surface area (Å²) in [6, 6.07) is 24.4. The Morgan fingerprint density at radius 3 is 2.18 bits per heavy atom. The van der Waals surface area contributed by atoms with Crippen LogP contribution in [0.1, 0.15) is 42.3 Å². The molecule has 1 N–H and O–H groups in total. The van der Waals surface area contributed by atoms with Crippen molar-refractivity contribution in [1.82, 2.24) is 15.3 Å². The Kier molecular flexibility index (Phi) is 11.0. The zero-order valence-electron chi connectivity index (χ0n) is 28.7. The lowest BCUT2D eigenvalue weighted by atomic mass is 10.0. The second-order valence-corrected chi connectivity index (χ2v) is 19.4. The molecular weight excluding hydrogens is 659 g/mol. The minimum atomic E-state index is -2.54. The fraction of sp³-hybridized carbons (Fsp3) is 0.351. The number of rotatable bonds is 12. The number of β-lactam (4-membered cyclic amide) rings is 1. The number of carbonyl (C=O) groups is 4. The third-order valence-corrected chi connectivity index (χ3v) is 14.6. The molecule has 0 bridgehead atoms. The Balaban J connectivity index is 1.44. The first-order valence-corrected chi connectivity index (χ1v) is 20.1. The molecule has 1 fully saturated rings. The Morgan fingerprint density at radius 1 is 0.939 bits per heavy atom. The van der Waals surface area contributed by atoms with Crippen molar-refractivity contribution in [3.8, 4) is 5.75 Å². The van der Waals surface area contributed by atoms with Gasteiger partial charge in [-0.2, -0.15) is 0 Å². The van der Waals surface area contributed by atoms with Crippen molar-refractivity contribution in [2.45, 2.75) is 63.3 Å². The van der Waals surface area contributed by atoms with Crippen LogP contribution in [0.15, 0.2) is 96.2 Å². The van der Waals surface area contributed by atoms with Gasteiger partial charge in [0.15, 0.2) is 0 Å². The summed E-state index contributed by atoms with van der Waals surface area (Å²) in [7, 11) is -0.963. The van der Waals surface area contributed by atoms with Crippen molar-refractivity contribution >= 4 is 43.8 Å². The number of carbonyl (C=O) groups excluding carboxylic acids is 4. The Morgan fingerprint density at radius 2 is 1.57 bits per heavy atom. The largest absolute Gasteiger partial charge is 0.497 e. The summed E-state index contributed by atoms with van der Waals surface area (Å²) in [5.74, 6) is -0.769. The minimum Gasteiger partial charge on any atom is -0.497 e. The topological polar surface area (TPSA) is 114 Å². The van der Waals surface area contributed by atoms with Crippen LogP contribution in [0.3, 0.4) is 0 Å². The van der Waals surface area contributed by atoms with E-state index in [2.05, 4.69) is 26.1 Å². The van der Waals surface area contributed by atoms with E-state index in [-0.39, 0.29) is 42.1 Å². The van der Waals surface area contributed by atoms with Gasteiger partial charge in [-0.05, 0) is 59.1 Å². The summed E-state index contributed by atoms with van der Waals surface area (Å²) in [5.41, 5.74) is 2.59. The number of benzene rings is 3. The van der Waals surface area contributed by atoms with Crippen LogP contribution in [0.4, 0.5) is 0 Å². The molecule has 0 spiro atoms. The van der Waals surface area contributed by atoms with Crippen LogP contribution in [0, 0.1) is 0 Å². The fourth-order valence-electron chi connectivity index (χ4n) is 5.19. The first kappa shape index (κ1) is 35.9. The summed E-state index contributed by atoms with van der Waals surface area (Å²) in [6.45, 7) is 10.2. The van der Waals surface area contributed by atoms with Gasteiger partial charge < -0.3 is 19.3 Å². The van der Waals surface area contributed by atoms with Crippen molar-refractivity contribution in [3.05, 3.63) is 113 Å². The number of nitrogens with zero attached hydrogens (tertiary/aromatic N) is 2. The molecule has 2 aliphatic rings. The number of hydroxylamine groups is 2. The third kappa shape index (κ3) is 8.26. The summed E-state index contributed by atoms with van der Waals surface area (Å²) < 4.78 is 17.6. The van der Waals surface area contributed by atoms with Crippen LogP contribution in [0.2, 0.25) is 18.1 Å².